The lowest BCUT2D eigenvalue weighted by molar-refractivity contribution is 1.11. The summed E-state index contributed by atoms with van der Waals surface area (Å²) in [6, 6.07) is 8.68. The van der Waals surface area contributed by atoms with Gasteiger partial charge in [-0.3, -0.25) is 0 Å². The van der Waals surface area contributed by atoms with Gasteiger partial charge in [0.1, 0.15) is 0 Å². The maximum atomic E-state index is 4.45. The summed E-state index contributed by atoms with van der Waals surface area (Å²) in [4.78, 5) is 5.76. The quantitative estimate of drug-likeness (QED) is 0.755. The first-order chi connectivity index (χ1) is 8.72. The molecular formula is C14H14N2S2. The van der Waals surface area contributed by atoms with Crippen LogP contribution in [-0.4, -0.2) is 4.98 Å². The third-order valence-corrected chi connectivity index (χ3v) is 4.88. The van der Waals surface area contributed by atoms with Crippen molar-refractivity contribution < 1.29 is 0 Å². The van der Waals surface area contributed by atoms with E-state index < -0.39 is 0 Å². The van der Waals surface area contributed by atoms with Gasteiger partial charge in [0.15, 0.2) is 0 Å². The van der Waals surface area contributed by atoms with Crippen LogP contribution in [-0.2, 0) is 6.54 Å². The van der Waals surface area contributed by atoms with Crippen molar-refractivity contribution in [2.24, 2.45) is 0 Å². The van der Waals surface area contributed by atoms with Crippen molar-refractivity contribution in [1.82, 2.24) is 4.98 Å². The molecule has 0 radical (unpaired) electrons. The van der Waals surface area contributed by atoms with E-state index in [4.69, 9.17) is 0 Å². The number of rotatable bonds is 3. The van der Waals surface area contributed by atoms with Gasteiger partial charge in [-0.2, -0.15) is 0 Å². The van der Waals surface area contributed by atoms with E-state index in [-0.39, 0.29) is 0 Å². The lowest BCUT2D eigenvalue weighted by Gasteiger charge is -2.05. The lowest BCUT2D eigenvalue weighted by Crippen LogP contribution is -1.98. The number of hydrogen-bond acceptors (Lipinski definition) is 4. The summed E-state index contributed by atoms with van der Waals surface area (Å²) in [5.41, 5.74) is 2.31. The zero-order valence-electron chi connectivity index (χ0n) is 10.4. The van der Waals surface area contributed by atoms with Crippen LogP contribution in [0.3, 0.4) is 0 Å². The SMILES string of the molecule is Cc1nc(C)c(CNc2ccc3sccc3c2)s1. The molecule has 3 rings (SSSR count). The Balaban J connectivity index is 1.78. The Morgan fingerprint density at radius 2 is 2.11 bits per heavy atom. The lowest BCUT2D eigenvalue weighted by atomic mass is 10.2. The smallest absolute Gasteiger partial charge is 0.0900 e. The number of aromatic nitrogens is 1. The van der Waals surface area contributed by atoms with E-state index >= 15 is 0 Å². The van der Waals surface area contributed by atoms with E-state index in [1.807, 2.05) is 0 Å². The van der Waals surface area contributed by atoms with Crippen LogP contribution in [0.5, 0.6) is 0 Å². The predicted molar refractivity (Wildman–Crippen MR) is 80.7 cm³/mol. The third kappa shape index (κ3) is 2.26. The largest absolute Gasteiger partial charge is 0.380 e. The molecule has 2 nitrogen and oxygen atoms in total. The predicted octanol–water partition coefficient (Wildman–Crippen LogP) is 4.59. The average Bonchev–Trinajstić information content (AvgIpc) is 2.92. The van der Waals surface area contributed by atoms with Gasteiger partial charge in [0.2, 0.25) is 0 Å². The van der Waals surface area contributed by atoms with Gasteiger partial charge in [-0.15, -0.1) is 22.7 Å². The maximum absolute atomic E-state index is 4.45. The van der Waals surface area contributed by atoms with Crippen molar-refractivity contribution in [3.8, 4) is 0 Å². The van der Waals surface area contributed by atoms with E-state index in [1.165, 1.54) is 20.7 Å². The first kappa shape index (κ1) is 11.7. The summed E-state index contributed by atoms with van der Waals surface area (Å²) < 4.78 is 1.34. The van der Waals surface area contributed by atoms with Crippen molar-refractivity contribution in [2.45, 2.75) is 20.4 Å². The van der Waals surface area contributed by atoms with E-state index in [0.717, 1.165) is 17.2 Å². The molecule has 0 fully saturated rings. The summed E-state index contributed by atoms with van der Waals surface area (Å²) in [5, 5.41) is 8.05. The second-order valence-electron chi connectivity index (χ2n) is 4.27. The van der Waals surface area contributed by atoms with Crippen molar-refractivity contribution in [3.05, 3.63) is 45.2 Å². The Bertz CT molecular complexity index is 682. The van der Waals surface area contributed by atoms with Crippen molar-refractivity contribution in [1.29, 1.82) is 0 Å². The molecule has 3 aromatic rings. The van der Waals surface area contributed by atoms with Gasteiger partial charge in [-0.05, 0) is 48.9 Å². The normalized spacial score (nSPS) is 11.0. The van der Waals surface area contributed by atoms with Crippen LogP contribution >= 0.6 is 22.7 Å². The molecule has 2 aromatic heterocycles. The van der Waals surface area contributed by atoms with E-state index in [9.17, 15) is 0 Å². The van der Waals surface area contributed by atoms with Gasteiger partial charge in [0.25, 0.3) is 0 Å². The summed E-state index contributed by atoms with van der Waals surface area (Å²) in [6.45, 7) is 4.98. The zero-order valence-corrected chi connectivity index (χ0v) is 12.0. The molecule has 0 saturated carbocycles. The number of fused-ring (bicyclic) bond motifs is 1. The minimum absolute atomic E-state index is 0.854. The average molecular weight is 274 g/mol. The molecule has 0 atom stereocenters. The van der Waals surface area contributed by atoms with Crippen LogP contribution in [0.15, 0.2) is 29.6 Å². The zero-order chi connectivity index (χ0) is 12.5. The van der Waals surface area contributed by atoms with Crippen LogP contribution in [0.4, 0.5) is 5.69 Å². The van der Waals surface area contributed by atoms with Gasteiger partial charge in [-0.25, -0.2) is 4.98 Å². The highest BCUT2D eigenvalue weighted by Gasteiger charge is 2.04. The number of nitrogens with one attached hydrogen (secondary N) is 1. The number of thiazole rings is 1. The van der Waals surface area contributed by atoms with Crippen LogP contribution in [0, 0.1) is 13.8 Å². The fourth-order valence-corrected chi connectivity index (χ4v) is 3.64. The fraction of sp³-hybridized carbons (Fsp3) is 0.214. The highest BCUT2D eigenvalue weighted by Crippen LogP contribution is 2.25. The minimum Gasteiger partial charge on any atom is -0.380 e. The molecule has 18 heavy (non-hydrogen) atoms. The second kappa shape index (κ2) is 4.71. The summed E-state index contributed by atoms with van der Waals surface area (Å²) in [7, 11) is 0. The van der Waals surface area contributed by atoms with Gasteiger partial charge >= 0.3 is 0 Å². The van der Waals surface area contributed by atoms with Crippen LogP contribution < -0.4 is 5.32 Å². The van der Waals surface area contributed by atoms with E-state index in [2.05, 4.69) is 53.8 Å². The molecular weight excluding hydrogens is 260 g/mol. The highest BCUT2D eigenvalue weighted by molar-refractivity contribution is 7.17. The Labute approximate surface area is 114 Å². The molecule has 0 saturated heterocycles. The molecule has 2 heterocycles. The molecule has 0 spiro atoms. The number of benzene rings is 1. The molecule has 0 aliphatic rings. The van der Waals surface area contributed by atoms with Gasteiger partial charge in [-0.1, -0.05) is 0 Å². The molecule has 0 aliphatic heterocycles. The Morgan fingerprint density at radius 3 is 2.89 bits per heavy atom. The van der Waals surface area contributed by atoms with Crippen molar-refractivity contribution in [3.63, 3.8) is 0 Å². The van der Waals surface area contributed by atoms with Crippen LogP contribution in [0.25, 0.3) is 10.1 Å². The number of hydrogen-bond donors (Lipinski definition) is 1. The Kier molecular flexibility index (Phi) is 3.06. The molecule has 0 aliphatic carbocycles. The summed E-state index contributed by atoms with van der Waals surface area (Å²) in [5.74, 6) is 0. The number of aryl methyl sites for hydroxylation is 2. The molecule has 0 bridgehead atoms. The fourth-order valence-electron chi connectivity index (χ4n) is 2.00. The molecule has 4 heteroatoms. The minimum atomic E-state index is 0.854. The molecule has 1 aromatic carbocycles. The Morgan fingerprint density at radius 1 is 1.22 bits per heavy atom. The van der Waals surface area contributed by atoms with Crippen molar-refractivity contribution >= 4 is 38.4 Å². The Hall–Kier alpha value is -1.39. The molecule has 92 valence electrons. The second-order valence-corrected chi connectivity index (χ2v) is 6.50. The summed E-state index contributed by atoms with van der Waals surface area (Å²) in [6.07, 6.45) is 0. The van der Waals surface area contributed by atoms with Crippen molar-refractivity contribution in [2.75, 3.05) is 5.32 Å². The first-order valence-corrected chi connectivity index (χ1v) is 7.56. The number of nitrogens with zero attached hydrogens (tertiary/aromatic N) is 1. The number of anilines is 1. The highest BCUT2D eigenvalue weighted by atomic mass is 32.1. The standard InChI is InChI=1S/C14H14N2S2/c1-9-14(18-10(2)16-9)8-15-12-3-4-13-11(7-12)5-6-17-13/h3-7,15H,8H2,1-2H3. The summed E-state index contributed by atoms with van der Waals surface area (Å²) >= 11 is 3.55. The molecule has 0 amide bonds. The third-order valence-electron chi connectivity index (χ3n) is 2.91. The van der Waals surface area contributed by atoms with E-state index in [0.29, 0.717) is 0 Å². The topological polar surface area (TPSA) is 24.9 Å². The molecule has 0 unspecified atom stereocenters. The maximum Gasteiger partial charge on any atom is 0.0900 e. The first-order valence-electron chi connectivity index (χ1n) is 5.86. The van der Waals surface area contributed by atoms with Crippen LogP contribution in [0.1, 0.15) is 15.6 Å². The van der Waals surface area contributed by atoms with Crippen LogP contribution in [0.2, 0.25) is 0 Å². The monoisotopic (exact) mass is 274 g/mol. The number of thiophene rings is 1. The van der Waals surface area contributed by atoms with Gasteiger partial charge < -0.3 is 5.32 Å². The van der Waals surface area contributed by atoms with Gasteiger partial charge in [0.05, 0.1) is 17.2 Å². The van der Waals surface area contributed by atoms with E-state index in [1.54, 1.807) is 22.7 Å². The van der Waals surface area contributed by atoms with Gasteiger partial charge in [0, 0.05) is 15.3 Å². The molecule has 1 N–H and O–H groups in total.